The van der Waals surface area contributed by atoms with Crippen molar-refractivity contribution in [2.75, 3.05) is 12.4 Å². The summed E-state index contributed by atoms with van der Waals surface area (Å²) in [5, 5.41) is 3.73. The molecule has 140 valence electrons. The Balaban J connectivity index is 1.97. The molecule has 0 bridgehead atoms. The highest BCUT2D eigenvalue weighted by Crippen LogP contribution is 2.41. The maximum Gasteiger partial charge on any atom is 0.226 e. The first kappa shape index (κ1) is 17.7. The standard InChI is InChI=1S/C22H20N4O2/c1-3-17(27)25-16-11-7-10-15(12-16)18-19-21(23-13-24-22(19)28-2)26-20(18)14-8-5-4-6-9-14/h4-13H,3H2,1-2H3,(H,25,27)(H,23,24,26). The minimum atomic E-state index is -0.0275. The Labute approximate surface area is 162 Å². The van der Waals surface area contributed by atoms with Gasteiger partial charge in [-0.3, -0.25) is 4.79 Å². The predicted octanol–water partition coefficient (Wildman–Crippen LogP) is 4.65. The molecule has 0 aliphatic carbocycles. The van der Waals surface area contributed by atoms with E-state index in [2.05, 4.69) is 20.3 Å². The number of anilines is 1. The zero-order valence-corrected chi connectivity index (χ0v) is 15.7. The van der Waals surface area contributed by atoms with E-state index < -0.39 is 0 Å². The number of hydrogen-bond acceptors (Lipinski definition) is 4. The van der Waals surface area contributed by atoms with Crippen LogP contribution < -0.4 is 10.1 Å². The highest BCUT2D eigenvalue weighted by Gasteiger charge is 2.20. The van der Waals surface area contributed by atoms with Gasteiger partial charge in [-0.15, -0.1) is 0 Å². The van der Waals surface area contributed by atoms with Crippen LogP contribution in [0.5, 0.6) is 5.88 Å². The van der Waals surface area contributed by atoms with Crippen LogP contribution in [0.25, 0.3) is 33.4 Å². The van der Waals surface area contributed by atoms with Crippen molar-refractivity contribution in [2.45, 2.75) is 13.3 Å². The summed E-state index contributed by atoms with van der Waals surface area (Å²) < 4.78 is 5.51. The van der Waals surface area contributed by atoms with Gasteiger partial charge in [0.1, 0.15) is 12.0 Å². The minimum Gasteiger partial charge on any atom is -0.480 e. The number of aromatic nitrogens is 3. The molecule has 0 atom stereocenters. The fourth-order valence-corrected chi connectivity index (χ4v) is 3.26. The Kier molecular flexibility index (Phi) is 4.76. The van der Waals surface area contributed by atoms with Crippen LogP contribution in [0, 0.1) is 0 Å². The van der Waals surface area contributed by atoms with Crippen molar-refractivity contribution in [3.63, 3.8) is 0 Å². The summed E-state index contributed by atoms with van der Waals surface area (Å²) in [6, 6.07) is 17.8. The van der Waals surface area contributed by atoms with Crippen molar-refractivity contribution >= 4 is 22.6 Å². The maximum absolute atomic E-state index is 11.8. The molecule has 1 amide bonds. The summed E-state index contributed by atoms with van der Waals surface area (Å²) in [6.07, 6.45) is 1.91. The number of rotatable bonds is 5. The lowest BCUT2D eigenvalue weighted by Gasteiger charge is -2.10. The van der Waals surface area contributed by atoms with Gasteiger partial charge < -0.3 is 15.0 Å². The van der Waals surface area contributed by atoms with Crippen LogP contribution in [0.2, 0.25) is 0 Å². The van der Waals surface area contributed by atoms with Crippen LogP contribution in [0.15, 0.2) is 60.9 Å². The van der Waals surface area contributed by atoms with E-state index in [-0.39, 0.29) is 5.91 Å². The molecule has 2 N–H and O–H groups in total. The molecule has 0 aliphatic heterocycles. The number of ether oxygens (including phenoxy) is 1. The van der Waals surface area contributed by atoms with E-state index in [9.17, 15) is 4.79 Å². The smallest absolute Gasteiger partial charge is 0.226 e. The predicted molar refractivity (Wildman–Crippen MR) is 110 cm³/mol. The number of aromatic amines is 1. The average Bonchev–Trinajstić information content (AvgIpc) is 3.14. The lowest BCUT2D eigenvalue weighted by Crippen LogP contribution is -2.09. The van der Waals surface area contributed by atoms with Crippen LogP contribution in [-0.4, -0.2) is 28.0 Å². The molecule has 0 saturated carbocycles. The molecule has 4 aromatic rings. The third kappa shape index (κ3) is 3.20. The molecule has 0 fully saturated rings. The summed E-state index contributed by atoms with van der Waals surface area (Å²) in [4.78, 5) is 23.9. The molecule has 4 rings (SSSR count). The summed E-state index contributed by atoms with van der Waals surface area (Å²) in [5.41, 5.74) is 5.27. The van der Waals surface area contributed by atoms with Gasteiger partial charge in [-0.2, -0.15) is 0 Å². The molecule has 0 unspecified atom stereocenters. The summed E-state index contributed by atoms with van der Waals surface area (Å²) >= 11 is 0. The second-order valence-corrected chi connectivity index (χ2v) is 6.33. The molecule has 28 heavy (non-hydrogen) atoms. The van der Waals surface area contributed by atoms with Gasteiger partial charge in [0, 0.05) is 17.7 Å². The SMILES string of the molecule is CCC(=O)Nc1cccc(-c2c(-c3ccccc3)[nH]c3ncnc(OC)c23)c1. The number of hydrogen-bond donors (Lipinski definition) is 2. The lowest BCUT2D eigenvalue weighted by atomic mass is 9.98. The molecule has 0 saturated heterocycles. The fraction of sp³-hybridized carbons (Fsp3) is 0.136. The second-order valence-electron chi connectivity index (χ2n) is 6.33. The van der Waals surface area contributed by atoms with Crippen molar-refractivity contribution in [1.82, 2.24) is 15.0 Å². The monoisotopic (exact) mass is 372 g/mol. The number of amides is 1. The number of carbonyl (C=O) groups is 1. The van der Waals surface area contributed by atoms with Gasteiger partial charge in [0.05, 0.1) is 18.2 Å². The molecule has 2 heterocycles. The molecular weight excluding hydrogens is 352 g/mol. The van der Waals surface area contributed by atoms with Crippen LogP contribution in [-0.2, 0) is 4.79 Å². The average molecular weight is 372 g/mol. The number of nitrogens with one attached hydrogen (secondary N) is 2. The molecule has 0 spiro atoms. The highest BCUT2D eigenvalue weighted by molar-refractivity contribution is 6.05. The lowest BCUT2D eigenvalue weighted by molar-refractivity contribution is -0.115. The number of carbonyl (C=O) groups excluding carboxylic acids is 1. The number of H-pyrrole nitrogens is 1. The van der Waals surface area contributed by atoms with E-state index in [4.69, 9.17) is 4.74 Å². The van der Waals surface area contributed by atoms with Gasteiger partial charge in [-0.1, -0.05) is 49.4 Å². The van der Waals surface area contributed by atoms with E-state index in [1.807, 2.05) is 61.5 Å². The molecular formula is C22H20N4O2. The second kappa shape index (κ2) is 7.52. The third-order valence-electron chi connectivity index (χ3n) is 4.57. The van der Waals surface area contributed by atoms with Crippen molar-refractivity contribution in [3.05, 3.63) is 60.9 Å². The Hall–Kier alpha value is -3.67. The molecule has 0 aliphatic rings. The summed E-state index contributed by atoms with van der Waals surface area (Å²) in [5.74, 6) is 0.474. The fourth-order valence-electron chi connectivity index (χ4n) is 3.26. The van der Waals surface area contributed by atoms with Gasteiger partial charge in [0.2, 0.25) is 11.8 Å². The summed E-state index contributed by atoms with van der Waals surface area (Å²) in [7, 11) is 1.60. The van der Waals surface area contributed by atoms with Gasteiger partial charge in [0.15, 0.2) is 0 Å². The van der Waals surface area contributed by atoms with E-state index in [0.717, 1.165) is 33.5 Å². The topological polar surface area (TPSA) is 79.9 Å². The van der Waals surface area contributed by atoms with E-state index >= 15 is 0 Å². The molecule has 2 aromatic heterocycles. The molecule has 6 nitrogen and oxygen atoms in total. The number of methoxy groups -OCH3 is 1. The van der Waals surface area contributed by atoms with Crippen molar-refractivity contribution < 1.29 is 9.53 Å². The molecule has 6 heteroatoms. The number of benzene rings is 2. The van der Waals surface area contributed by atoms with E-state index in [1.165, 1.54) is 6.33 Å². The highest BCUT2D eigenvalue weighted by atomic mass is 16.5. The Morgan fingerprint density at radius 2 is 1.86 bits per heavy atom. The largest absolute Gasteiger partial charge is 0.480 e. The Bertz CT molecular complexity index is 1140. The zero-order chi connectivity index (χ0) is 19.5. The Morgan fingerprint density at radius 1 is 1.07 bits per heavy atom. The van der Waals surface area contributed by atoms with Crippen LogP contribution in [0.3, 0.4) is 0 Å². The van der Waals surface area contributed by atoms with E-state index in [1.54, 1.807) is 7.11 Å². The van der Waals surface area contributed by atoms with Gasteiger partial charge >= 0.3 is 0 Å². The van der Waals surface area contributed by atoms with Crippen LogP contribution in [0.1, 0.15) is 13.3 Å². The maximum atomic E-state index is 11.8. The van der Waals surface area contributed by atoms with Crippen LogP contribution in [0.4, 0.5) is 5.69 Å². The normalized spacial score (nSPS) is 10.8. The van der Waals surface area contributed by atoms with Crippen molar-refractivity contribution in [2.24, 2.45) is 0 Å². The Morgan fingerprint density at radius 3 is 2.61 bits per heavy atom. The summed E-state index contributed by atoms with van der Waals surface area (Å²) in [6.45, 7) is 1.83. The van der Waals surface area contributed by atoms with Crippen LogP contribution >= 0.6 is 0 Å². The van der Waals surface area contributed by atoms with Crippen molar-refractivity contribution in [1.29, 1.82) is 0 Å². The molecule has 2 aromatic carbocycles. The third-order valence-corrected chi connectivity index (χ3v) is 4.57. The quantitative estimate of drug-likeness (QED) is 0.534. The minimum absolute atomic E-state index is 0.0275. The first-order valence-electron chi connectivity index (χ1n) is 9.07. The van der Waals surface area contributed by atoms with E-state index in [0.29, 0.717) is 17.9 Å². The van der Waals surface area contributed by atoms with Gasteiger partial charge in [-0.25, -0.2) is 9.97 Å². The number of nitrogens with zero attached hydrogens (tertiary/aromatic N) is 2. The van der Waals surface area contributed by atoms with Crippen molar-refractivity contribution in [3.8, 4) is 28.3 Å². The van der Waals surface area contributed by atoms with Gasteiger partial charge in [0.25, 0.3) is 0 Å². The molecule has 0 radical (unpaired) electrons. The van der Waals surface area contributed by atoms with Gasteiger partial charge in [-0.05, 0) is 23.3 Å². The first-order chi connectivity index (χ1) is 13.7. The first-order valence-corrected chi connectivity index (χ1v) is 9.07. The zero-order valence-electron chi connectivity index (χ0n) is 15.7. The number of fused-ring (bicyclic) bond motifs is 1.